The summed E-state index contributed by atoms with van der Waals surface area (Å²) in [5, 5.41) is 9.61. The van der Waals surface area contributed by atoms with Crippen LogP contribution in [0, 0.1) is 13.8 Å². The number of hydrogen-bond donors (Lipinski definition) is 2. The Kier molecular flexibility index (Phi) is 4.66. The molecule has 2 N–H and O–H groups in total. The van der Waals surface area contributed by atoms with E-state index >= 15 is 0 Å². The molecule has 5 nitrogen and oxygen atoms in total. The predicted octanol–water partition coefficient (Wildman–Crippen LogP) is 3.20. The summed E-state index contributed by atoms with van der Waals surface area (Å²) < 4.78 is 0. The average Bonchev–Trinajstić information content (AvgIpc) is 3.03. The molecule has 1 aliphatic rings. The quantitative estimate of drug-likeness (QED) is 0.759. The Labute approximate surface area is 154 Å². The molecular weight excluding hydrogens is 324 g/mol. The normalized spacial score (nSPS) is 16.4. The van der Waals surface area contributed by atoms with Gasteiger partial charge >= 0.3 is 0 Å². The number of aryl methyl sites for hydroxylation is 2. The summed E-state index contributed by atoms with van der Waals surface area (Å²) in [6.45, 7) is 10.2. The number of aromatic nitrogens is 2. The van der Waals surface area contributed by atoms with E-state index in [1.807, 2.05) is 12.1 Å². The fraction of sp³-hybridized carbons (Fsp3) is 0.381. The first-order chi connectivity index (χ1) is 12.6. The Balaban J connectivity index is 1.36. The van der Waals surface area contributed by atoms with Crippen molar-refractivity contribution in [3.8, 4) is 5.75 Å². The Bertz CT molecular complexity index is 910. The van der Waals surface area contributed by atoms with Gasteiger partial charge in [-0.3, -0.25) is 9.80 Å². The van der Waals surface area contributed by atoms with E-state index in [1.165, 1.54) is 16.7 Å². The number of fused-ring (bicyclic) bond motifs is 1. The molecule has 0 aliphatic carbocycles. The fourth-order valence-electron chi connectivity index (χ4n) is 3.67. The van der Waals surface area contributed by atoms with Crippen molar-refractivity contribution in [2.24, 2.45) is 0 Å². The molecule has 0 radical (unpaired) electrons. The summed E-state index contributed by atoms with van der Waals surface area (Å²) in [4.78, 5) is 13.2. The monoisotopic (exact) mass is 350 g/mol. The number of H-pyrrole nitrogens is 1. The van der Waals surface area contributed by atoms with E-state index in [0.717, 1.165) is 56.1 Å². The van der Waals surface area contributed by atoms with Crippen molar-refractivity contribution in [2.45, 2.75) is 26.9 Å². The third-order valence-electron chi connectivity index (χ3n) is 5.38. The number of hydrogen-bond acceptors (Lipinski definition) is 4. The Morgan fingerprint density at radius 1 is 1.00 bits per heavy atom. The molecule has 0 bridgehead atoms. The molecule has 5 heteroatoms. The fourth-order valence-corrected chi connectivity index (χ4v) is 3.67. The molecule has 0 amide bonds. The van der Waals surface area contributed by atoms with Crippen LogP contribution >= 0.6 is 0 Å². The minimum Gasteiger partial charge on any atom is -0.508 e. The van der Waals surface area contributed by atoms with Crippen LogP contribution in [0.15, 0.2) is 36.4 Å². The predicted molar refractivity (Wildman–Crippen MR) is 104 cm³/mol. The highest BCUT2D eigenvalue weighted by atomic mass is 16.3. The average molecular weight is 350 g/mol. The molecule has 3 aromatic rings. The molecule has 1 aromatic heterocycles. The summed E-state index contributed by atoms with van der Waals surface area (Å²) in [6.07, 6.45) is 0. The van der Waals surface area contributed by atoms with E-state index in [-0.39, 0.29) is 0 Å². The van der Waals surface area contributed by atoms with E-state index in [1.54, 1.807) is 6.07 Å². The SMILES string of the molecule is Cc1ccc2[nH]c(CN3CCN(Cc4cccc(O)c4)CC3)nc2c1C. The summed E-state index contributed by atoms with van der Waals surface area (Å²) in [7, 11) is 0. The lowest BCUT2D eigenvalue weighted by molar-refractivity contribution is 0.120. The largest absolute Gasteiger partial charge is 0.508 e. The van der Waals surface area contributed by atoms with Crippen molar-refractivity contribution in [3.63, 3.8) is 0 Å². The molecule has 0 atom stereocenters. The molecule has 2 heterocycles. The maximum Gasteiger partial charge on any atom is 0.121 e. The number of phenolic OH excluding ortho intramolecular Hbond substituents is 1. The first-order valence-corrected chi connectivity index (χ1v) is 9.26. The van der Waals surface area contributed by atoms with Crippen LogP contribution in [0.25, 0.3) is 11.0 Å². The van der Waals surface area contributed by atoms with Gasteiger partial charge in [-0.05, 0) is 48.7 Å². The molecule has 0 spiro atoms. The van der Waals surface area contributed by atoms with Crippen molar-refractivity contribution in [1.29, 1.82) is 0 Å². The number of aromatic amines is 1. The zero-order valence-corrected chi connectivity index (χ0v) is 15.5. The van der Waals surface area contributed by atoms with Gasteiger partial charge in [0.2, 0.25) is 0 Å². The third-order valence-corrected chi connectivity index (χ3v) is 5.38. The van der Waals surface area contributed by atoms with Crippen LogP contribution < -0.4 is 0 Å². The number of aromatic hydroxyl groups is 1. The van der Waals surface area contributed by atoms with Gasteiger partial charge in [0.1, 0.15) is 11.6 Å². The number of rotatable bonds is 4. The van der Waals surface area contributed by atoms with Crippen molar-refractivity contribution >= 4 is 11.0 Å². The molecule has 26 heavy (non-hydrogen) atoms. The van der Waals surface area contributed by atoms with Gasteiger partial charge < -0.3 is 10.1 Å². The lowest BCUT2D eigenvalue weighted by Gasteiger charge is -2.34. The van der Waals surface area contributed by atoms with Crippen molar-refractivity contribution in [3.05, 3.63) is 58.9 Å². The van der Waals surface area contributed by atoms with Gasteiger partial charge in [-0.2, -0.15) is 0 Å². The van der Waals surface area contributed by atoms with Crippen LogP contribution in [0.4, 0.5) is 0 Å². The molecule has 136 valence electrons. The maximum atomic E-state index is 9.61. The zero-order valence-electron chi connectivity index (χ0n) is 15.5. The number of piperazine rings is 1. The van der Waals surface area contributed by atoms with E-state index < -0.39 is 0 Å². The Morgan fingerprint density at radius 3 is 2.46 bits per heavy atom. The van der Waals surface area contributed by atoms with Gasteiger partial charge in [-0.15, -0.1) is 0 Å². The van der Waals surface area contributed by atoms with Crippen molar-refractivity contribution < 1.29 is 5.11 Å². The van der Waals surface area contributed by atoms with Gasteiger partial charge in [0.25, 0.3) is 0 Å². The Hall–Kier alpha value is -2.37. The van der Waals surface area contributed by atoms with E-state index in [0.29, 0.717) is 5.75 Å². The lowest BCUT2D eigenvalue weighted by atomic mass is 10.1. The topological polar surface area (TPSA) is 55.4 Å². The van der Waals surface area contributed by atoms with Crippen LogP contribution in [0.5, 0.6) is 5.75 Å². The number of benzene rings is 2. The van der Waals surface area contributed by atoms with E-state index in [2.05, 4.69) is 46.8 Å². The zero-order chi connectivity index (χ0) is 18.1. The summed E-state index contributed by atoms with van der Waals surface area (Å²) in [5.41, 5.74) is 5.95. The summed E-state index contributed by atoms with van der Waals surface area (Å²) >= 11 is 0. The van der Waals surface area contributed by atoms with E-state index in [4.69, 9.17) is 4.98 Å². The first-order valence-electron chi connectivity index (χ1n) is 9.26. The van der Waals surface area contributed by atoms with Crippen molar-refractivity contribution in [1.82, 2.24) is 19.8 Å². The molecule has 1 fully saturated rings. The Morgan fingerprint density at radius 2 is 1.73 bits per heavy atom. The van der Waals surface area contributed by atoms with Crippen LogP contribution in [-0.2, 0) is 13.1 Å². The maximum absolute atomic E-state index is 9.61. The second kappa shape index (κ2) is 7.09. The smallest absolute Gasteiger partial charge is 0.121 e. The lowest BCUT2D eigenvalue weighted by Crippen LogP contribution is -2.45. The van der Waals surface area contributed by atoms with Crippen LogP contribution in [0.3, 0.4) is 0 Å². The number of nitrogens with zero attached hydrogens (tertiary/aromatic N) is 3. The molecular formula is C21H26N4O. The molecule has 1 aliphatic heterocycles. The van der Waals surface area contributed by atoms with Crippen LogP contribution in [-0.4, -0.2) is 51.1 Å². The van der Waals surface area contributed by atoms with Crippen LogP contribution in [0.1, 0.15) is 22.5 Å². The number of imidazole rings is 1. The standard InChI is InChI=1S/C21H26N4O/c1-15-6-7-19-21(16(15)2)23-20(22-19)14-25-10-8-24(9-11-25)13-17-4-3-5-18(26)12-17/h3-7,12,26H,8-11,13-14H2,1-2H3,(H,22,23). The summed E-state index contributed by atoms with van der Waals surface area (Å²) in [6, 6.07) is 11.8. The minimum atomic E-state index is 0.344. The van der Waals surface area contributed by atoms with Gasteiger partial charge in [0, 0.05) is 32.7 Å². The number of nitrogens with one attached hydrogen (secondary N) is 1. The van der Waals surface area contributed by atoms with Gasteiger partial charge in [-0.1, -0.05) is 18.2 Å². The highest BCUT2D eigenvalue weighted by Crippen LogP contribution is 2.20. The third kappa shape index (κ3) is 3.59. The molecule has 2 aromatic carbocycles. The highest BCUT2D eigenvalue weighted by Gasteiger charge is 2.18. The molecule has 4 rings (SSSR count). The van der Waals surface area contributed by atoms with Gasteiger partial charge in [0.15, 0.2) is 0 Å². The number of phenols is 1. The van der Waals surface area contributed by atoms with Gasteiger partial charge in [0.05, 0.1) is 17.6 Å². The highest BCUT2D eigenvalue weighted by molar-refractivity contribution is 5.79. The first kappa shape index (κ1) is 17.1. The molecule has 1 saturated heterocycles. The van der Waals surface area contributed by atoms with Crippen molar-refractivity contribution in [2.75, 3.05) is 26.2 Å². The van der Waals surface area contributed by atoms with E-state index in [9.17, 15) is 5.11 Å². The second-order valence-electron chi connectivity index (χ2n) is 7.31. The second-order valence-corrected chi connectivity index (χ2v) is 7.31. The molecule has 0 unspecified atom stereocenters. The molecule has 0 saturated carbocycles. The van der Waals surface area contributed by atoms with Gasteiger partial charge in [-0.25, -0.2) is 4.98 Å². The minimum absolute atomic E-state index is 0.344. The van der Waals surface area contributed by atoms with Crippen LogP contribution in [0.2, 0.25) is 0 Å². The summed E-state index contributed by atoms with van der Waals surface area (Å²) in [5.74, 6) is 1.40.